The largest absolute Gasteiger partial charge is 0.338 e. The van der Waals surface area contributed by atoms with Gasteiger partial charge in [0.05, 0.1) is 6.04 Å². The van der Waals surface area contributed by atoms with Crippen LogP contribution in [0.2, 0.25) is 0 Å². The van der Waals surface area contributed by atoms with Crippen molar-refractivity contribution in [2.45, 2.75) is 32.2 Å². The van der Waals surface area contributed by atoms with E-state index < -0.39 is 0 Å². The van der Waals surface area contributed by atoms with Gasteiger partial charge in [-0.1, -0.05) is 18.2 Å². The molecule has 0 bridgehead atoms. The van der Waals surface area contributed by atoms with E-state index in [4.69, 9.17) is 0 Å². The average molecular weight is 352 g/mol. The number of hydrogen-bond donors (Lipinski definition) is 3. The molecule has 1 aromatic carbocycles. The van der Waals surface area contributed by atoms with E-state index in [1.807, 2.05) is 43.3 Å². The molecule has 1 aliphatic rings. The Hall–Kier alpha value is -2.89. The fraction of sp³-hybridized carbons (Fsp3) is 0.350. The van der Waals surface area contributed by atoms with Crippen LogP contribution in [0.1, 0.15) is 36.9 Å². The molecule has 1 fully saturated rings. The third-order valence-electron chi connectivity index (χ3n) is 4.40. The maximum atomic E-state index is 12.0. The van der Waals surface area contributed by atoms with Gasteiger partial charge in [-0.25, -0.2) is 4.79 Å². The molecule has 0 spiro atoms. The van der Waals surface area contributed by atoms with Gasteiger partial charge < -0.3 is 16.0 Å². The van der Waals surface area contributed by atoms with Gasteiger partial charge in [0, 0.05) is 30.5 Å². The Bertz CT molecular complexity index is 742. The van der Waals surface area contributed by atoms with Gasteiger partial charge >= 0.3 is 6.03 Å². The summed E-state index contributed by atoms with van der Waals surface area (Å²) < 4.78 is 0. The SMILES string of the molecule is C[C@H](NC(=O)NCCc1cccnc1)c1ccc(NC(=O)C2CC2)cc1. The predicted octanol–water partition coefficient (Wildman–Crippen LogP) is 3.03. The van der Waals surface area contributed by atoms with Gasteiger partial charge in [0.25, 0.3) is 0 Å². The van der Waals surface area contributed by atoms with Crippen LogP contribution in [0.5, 0.6) is 0 Å². The second-order valence-corrected chi connectivity index (χ2v) is 6.62. The highest BCUT2D eigenvalue weighted by Crippen LogP contribution is 2.30. The molecular weight excluding hydrogens is 328 g/mol. The third-order valence-corrected chi connectivity index (χ3v) is 4.40. The van der Waals surface area contributed by atoms with Crippen molar-refractivity contribution in [3.8, 4) is 0 Å². The van der Waals surface area contributed by atoms with Crippen LogP contribution in [0.15, 0.2) is 48.8 Å². The highest BCUT2D eigenvalue weighted by atomic mass is 16.2. The molecule has 3 rings (SSSR count). The highest BCUT2D eigenvalue weighted by Gasteiger charge is 2.29. The number of pyridine rings is 1. The Balaban J connectivity index is 1.42. The molecule has 26 heavy (non-hydrogen) atoms. The van der Waals surface area contributed by atoms with Crippen LogP contribution < -0.4 is 16.0 Å². The van der Waals surface area contributed by atoms with E-state index in [1.165, 1.54) is 0 Å². The van der Waals surface area contributed by atoms with Crippen molar-refractivity contribution in [2.24, 2.45) is 5.92 Å². The standard InChI is InChI=1S/C20H24N4O2/c1-14(23-20(26)22-12-10-15-3-2-11-21-13-15)16-6-8-18(9-7-16)24-19(25)17-4-5-17/h2-3,6-9,11,13-14,17H,4-5,10,12H2,1H3,(H,24,25)(H2,22,23,26)/t14-/m0/s1. The number of carbonyl (C=O) groups is 2. The Labute approximate surface area is 153 Å². The lowest BCUT2D eigenvalue weighted by Gasteiger charge is -2.16. The minimum atomic E-state index is -0.201. The van der Waals surface area contributed by atoms with E-state index in [-0.39, 0.29) is 23.9 Å². The summed E-state index contributed by atoms with van der Waals surface area (Å²) >= 11 is 0. The zero-order valence-corrected chi connectivity index (χ0v) is 14.9. The molecule has 0 saturated heterocycles. The van der Waals surface area contributed by atoms with Gasteiger partial charge in [-0.2, -0.15) is 0 Å². The zero-order valence-electron chi connectivity index (χ0n) is 14.9. The second-order valence-electron chi connectivity index (χ2n) is 6.62. The summed E-state index contributed by atoms with van der Waals surface area (Å²) in [6.07, 6.45) is 6.24. The Morgan fingerprint density at radius 3 is 2.62 bits per heavy atom. The maximum Gasteiger partial charge on any atom is 0.315 e. The molecule has 3 N–H and O–H groups in total. The molecule has 1 aromatic heterocycles. The fourth-order valence-corrected chi connectivity index (χ4v) is 2.64. The van der Waals surface area contributed by atoms with Crippen LogP contribution in [0.25, 0.3) is 0 Å². The molecule has 1 aliphatic carbocycles. The van der Waals surface area contributed by atoms with Crippen molar-refractivity contribution in [1.29, 1.82) is 0 Å². The number of carbonyl (C=O) groups excluding carboxylic acids is 2. The van der Waals surface area contributed by atoms with Gasteiger partial charge in [-0.15, -0.1) is 0 Å². The summed E-state index contributed by atoms with van der Waals surface area (Å²) in [5.41, 5.74) is 2.86. The van der Waals surface area contributed by atoms with Gasteiger partial charge in [0.15, 0.2) is 0 Å². The monoisotopic (exact) mass is 352 g/mol. The predicted molar refractivity (Wildman–Crippen MR) is 101 cm³/mol. The van der Waals surface area contributed by atoms with Gasteiger partial charge in [-0.05, 0) is 55.5 Å². The van der Waals surface area contributed by atoms with E-state index in [0.29, 0.717) is 6.54 Å². The zero-order chi connectivity index (χ0) is 18.4. The summed E-state index contributed by atoms with van der Waals surface area (Å²) in [4.78, 5) is 27.8. The first-order chi connectivity index (χ1) is 12.6. The Kier molecular flexibility index (Phi) is 5.84. The van der Waals surface area contributed by atoms with E-state index >= 15 is 0 Å². The quantitative estimate of drug-likeness (QED) is 0.716. The van der Waals surface area contributed by atoms with Crippen molar-refractivity contribution < 1.29 is 9.59 Å². The van der Waals surface area contributed by atoms with Crippen molar-refractivity contribution in [3.05, 3.63) is 59.9 Å². The molecule has 0 unspecified atom stereocenters. The van der Waals surface area contributed by atoms with Crippen molar-refractivity contribution in [2.75, 3.05) is 11.9 Å². The van der Waals surface area contributed by atoms with E-state index in [2.05, 4.69) is 20.9 Å². The van der Waals surface area contributed by atoms with Gasteiger partial charge in [0.2, 0.25) is 5.91 Å². The number of benzene rings is 1. The molecule has 1 heterocycles. The lowest BCUT2D eigenvalue weighted by Crippen LogP contribution is -2.38. The average Bonchev–Trinajstić information content (AvgIpc) is 3.48. The fourth-order valence-electron chi connectivity index (χ4n) is 2.64. The number of aromatic nitrogens is 1. The first-order valence-electron chi connectivity index (χ1n) is 8.96. The number of urea groups is 1. The molecule has 0 aliphatic heterocycles. The molecule has 2 aromatic rings. The number of rotatable bonds is 7. The van der Waals surface area contributed by atoms with Gasteiger partial charge in [-0.3, -0.25) is 9.78 Å². The molecule has 1 atom stereocenters. The van der Waals surface area contributed by atoms with Crippen LogP contribution in [0, 0.1) is 5.92 Å². The lowest BCUT2D eigenvalue weighted by atomic mass is 10.1. The Morgan fingerprint density at radius 2 is 1.96 bits per heavy atom. The van der Waals surface area contributed by atoms with Crippen molar-refractivity contribution in [3.63, 3.8) is 0 Å². The van der Waals surface area contributed by atoms with Crippen LogP contribution in [-0.2, 0) is 11.2 Å². The molecule has 6 heteroatoms. The summed E-state index contributed by atoms with van der Waals surface area (Å²) in [5.74, 6) is 0.280. The lowest BCUT2D eigenvalue weighted by molar-refractivity contribution is -0.117. The molecule has 136 valence electrons. The number of anilines is 1. The summed E-state index contributed by atoms with van der Waals surface area (Å²) in [5, 5.41) is 8.68. The van der Waals surface area contributed by atoms with Crippen molar-refractivity contribution in [1.82, 2.24) is 15.6 Å². The molecular formula is C20H24N4O2. The van der Waals surface area contributed by atoms with Crippen LogP contribution in [0.3, 0.4) is 0 Å². The summed E-state index contributed by atoms with van der Waals surface area (Å²) in [6, 6.07) is 11.1. The van der Waals surface area contributed by atoms with E-state index in [1.54, 1.807) is 12.4 Å². The van der Waals surface area contributed by atoms with E-state index in [0.717, 1.165) is 36.1 Å². The van der Waals surface area contributed by atoms with Crippen LogP contribution in [0.4, 0.5) is 10.5 Å². The number of amides is 3. The minimum absolute atomic E-state index is 0.0944. The Morgan fingerprint density at radius 1 is 1.19 bits per heavy atom. The highest BCUT2D eigenvalue weighted by molar-refractivity contribution is 5.94. The first kappa shape index (κ1) is 17.9. The first-order valence-corrected chi connectivity index (χ1v) is 8.96. The molecule has 1 saturated carbocycles. The normalized spacial score (nSPS) is 14.3. The second kappa shape index (κ2) is 8.47. The van der Waals surface area contributed by atoms with Crippen LogP contribution in [-0.4, -0.2) is 23.5 Å². The summed E-state index contributed by atoms with van der Waals surface area (Å²) in [7, 11) is 0. The summed E-state index contributed by atoms with van der Waals surface area (Å²) in [6.45, 7) is 2.48. The topological polar surface area (TPSA) is 83.1 Å². The van der Waals surface area contributed by atoms with Crippen molar-refractivity contribution >= 4 is 17.6 Å². The minimum Gasteiger partial charge on any atom is -0.338 e. The number of hydrogen-bond acceptors (Lipinski definition) is 3. The molecule has 6 nitrogen and oxygen atoms in total. The van der Waals surface area contributed by atoms with Gasteiger partial charge in [0.1, 0.15) is 0 Å². The van der Waals surface area contributed by atoms with E-state index in [9.17, 15) is 9.59 Å². The molecule has 0 radical (unpaired) electrons. The molecule has 3 amide bonds. The smallest absolute Gasteiger partial charge is 0.315 e. The third kappa shape index (κ3) is 5.31. The maximum absolute atomic E-state index is 12.0. The number of nitrogens with one attached hydrogen (secondary N) is 3. The van der Waals surface area contributed by atoms with Crippen LogP contribution >= 0.6 is 0 Å². The number of nitrogens with zero attached hydrogens (tertiary/aromatic N) is 1.